The Labute approximate surface area is 261 Å². The van der Waals surface area contributed by atoms with Crippen molar-refractivity contribution in [1.82, 2.24) is 9.62 Å². The second-order valence-electron chi connectivity index (χ2n) is 11.6. The van der Waals surface area contributed by atoms with Crippen molar-refractivity contribution >= 4 is 45.1 Å². The number of carboxylic acid groups (broad SMARTS) is 1. The van der Waals surface area contributed by atoms with Crippen LogP contribution in [0.1, 0.15) is 60.9 Å². The average molecular weight is 644 g/mol. The molecule has 3 aliphatic rings. The van der Waals surface area contributed by atoms with E-state index in [1.54, 1.807) is 35.2 Å². The lowest BCUT2D eigenvalue weighted by atomic mass is 9.89. The highest BCUT2D eigenvalue weighted by Gasteiger charge is 2.57. The summed E-state index contributed by atoms with van der Waals surface area (Å²) in [6.07, 6.45) is 0.115. The SMILES string of the molecule is O=C(O)C[C@@H]1O[C@H](c2cccc(Cl)c2)[C@@H](c2ccc(Cl)cc2)N([C@H](CNS(=O)(=O)C2(c3ccccc3)CC2)C2CC2)C1=O. The van der Waals surface area contributed by atoms with E-state index in [4.69, 9.17) is 27.9 Å². The lowest BCUT2D eigenvalue weighted by Crippen LogP contribution is -2.58. The zero-order chi connectivity index (χ0) is 30.4. The van der Waals surface area contributed by atoms with Crippen LogP contribution < -0.4 is 4.72 Å². The molecule has 0 radical (unpaired) electrons. The summed E-state index contributed by atoms with van der Waals surface area (Å²) >= 11 is 12.6. The number of rotatable bonds is 11. The van der Waals surface area contributed by atoms with E-state index >= 15 is 0 Å². The Balaban J connectivity index is 1.40. The monoisotopic (exact) mass is 642 g/mol. The number of nitrogens with zero attached hydrogens (tertiary/aromatic N) is 1. The minimum absolute atomic E-state index is 0.000525. The molecule has 1 heterocycles. The Kier molecular flexibility index (Phi) is 8.30. The minimum Gasteiger partial charge on any atom is -0.481 e. The molecular weight excluding hydrogens is 611 g/mol. The maximum Gasteiger partial charge on any atom is 0.306 e. The van der Waals surface area contributed by atoms with Crippen LogP contribution in [0.25, 0.3) is 0 Å². The summed E-state index contributed by atoms with van der Waals surface area (Å²) < 4.78 is 35.8. The number of carboxylic acids is 1. The molecule has 1 amide bonds. The summed E-state index contributed by atoms with van der Waals surface area (Å²) in [4.78, 5) is 27.7. The topological polar surface area (TPSA) is 113 Å². The number of ether oxygens (including phenoxy) is 1. The Morgan fingerprint density at radius 3 is 2.28 bits per heavy atom. The number of halogens is 2. The Morgan fingerprint density at radius 1 is 0.977 bits per heavy atom. The molecule has 3 aromatic rings. The van der Waals surface area contributed by atoms with Crippen molar-refractivity contribution in [3.05, 3.63) is 106 Å². The molecule has 43 heavy (non-hydrogen) atoms. The van der Waals surface area contributed by atoms with Gasteiger partial charge >= 0.3 is 5.97 Å². The van der Waals surface area contributed by atoms with Crippen LogP contribution in [0.4, 0.5) is 0 Å². The first-order chi connectivity index (χ1) is 20.6. The first kappa shape index (κ1) is 30.1. The number of nitrogens with one attached hydrogen (secondary N) is 1. The standard InChI is InChI=1S/C32H32Cl2N2O6S/c33-24-13-11-21(12-14-24)29-30(22-5-4-8-25(34)17-22)42-27(18-28(37)38)31(39)36(29)26(20-9-10-20)19-35-43(40,41)32(15-16-32)23-6-2-1-3-7-23/h1-8,11-14,17,20,26-27,29-30,35H,9-10,15-16,18-19H2,(H,37,38)/t26-,27+,29-,30-/m1/s1. The van der Waals surface area contributed by atoms with Gasteiger partial charge in [0, 0.05) is 22.6 Å². The molecular formula is C32H32Cl2N2O6S. The number of sulfonamides is 1. The van der Waals surface area contributed by atoms with Crippen molar-refractivity contribution in [2.75, 3.05) is 6.54 Å². The summed E-state index contributed by atoms with van der Waals surface area (Å²) in [7, 11) is -3.80. The van der Waals surface area contributed by atoms with Crippen molar-refractivity contribution in [2.24, 2.45) is 5.92 Å². The smallest absolute Gasteiger partial charge is 0.306 e. The Bertz CT molecular complexity index is 1610. The summed E-state index contributed by atoms with van der Waals surface area (Å²) in [6.45, 7) is -0.000525. The highest BCUT2D eigenvalue weighted by Crippen LogP contribution is 2.53. The molecule has 0 unspecified atom stereocenters. The van der Waals surface area contributed by atoms with Crippen molar-refractivity contribution in [2.45, 2.75) is 61.1 Å². The molecule has 2 N–H and O–H groups in total. The molecule has 226 valence electrons. The normalized spacial score (nSPS) is 24.0. The molecule has 3 fully saturated rings. The quantitative estimate of drug-likeness (QED) is 0.271. The van der Waals surface area contributed by atoms with Crippen molar-refractivity contribution in [3.8, 4) is 0 Å². The van der Waals surface area contributed by atoms with Crippen LogP contribution in [0, 0.1) is 5.92 Å². The third-order valence-electron chi connectivity index (χ3n) is 8.70. The molecule has 11 heteroatoms. The molecule has 1 saturated heterocycles. The molecule has 2 aliphatic carbocycles. The number of aliphatic carboxylic acids is 1. The van der Waals surface area contributed by atoms with Crippen LogP contribution >= 0.6 is 23.2 Å². The van der Waals surface area contributed by atoms with E-state index in [-0.39, 0.29) is 12.5 Å². The molecule has 6 rings (SSSR count). The molecule has 0 aromatic heterocycles. The molecule has 8 nitrogen and oxygen atoms in total. The van der Waals surface area contributed by atoms with Gasteiger partial charge in [0.1, 0.15) is 17.0 Å². The van der Waals surface area contributed by atoms with Gasteiger partial charge < -0.3 is 14.7 Å². The minimum atomic E-state index is -3.80. The number of amides is 1. The number of hydrogen-bond donors (Lipinski definition) is 2. The van der Waals surface area contributed by atoms with Gasteiger partial charge in [0.05, 0.1) is 12.5 Å². The van der Waals surface area contributed by atoms with Crippen molar-refractivity contribution in [3.63, 3.8) is 0 Å². The Morgan fingerprint density at radius 2 is 1.67 bits per heavy atom. The third kappa shape index (κ3) is 6.06. The predicted octanol–water partition coefficient (Wildman–Crippen LogP) is 5.87. The van der Waals surface area contributed by atoms with Crippen LogP contribution in [-0.2, 0) is 29.1 Å². The third-order valence-corrected chi connectivity index (χ3v) is 11.4. The summed E-state index contributed by atoms with van der Waals surface area (Å²) in [6, 6.07) is 22.1. The van der Waals surface area contributed by atoms with E-state index in [0.29, 0.717) is 28.5 Å². The van der Waals surface area contributed by atoms with E-state index in [1.165, 1.54) is 0 Å². The fourth-order valence-electron chi connectivity index (χ4n) is 6.24. The van der Waals surface area contributed by atoms with Crippen LogP contribution in [0.5, 0.6) is 0 Å². The zero-order valence-electron chi connectivity index (χ0n) is 23.2. The van der Waals surface area contributed by atoms with Crippen molar-refractivity contribution < 1.29 is 27.9 Å². The maximum absolute atomic E-state index is 14.2. The molecule has 4 atom stereocenters. The highest BCUT2D eigenvalue weighted by molar-refractivity contribution is 7.90. The van der Waals surface area contributed by atoms with Crippen LogP contribution in [-0.4, -0.2) is 49.0 Å². The molecule has 2 saturated carbocycles. The summed E-state index contributed by atoms with van der Waals surface area (Å²) in [5.74, 6) is -1.62. The number of benzene rings is 3. The zero-order valence-corrected chi connectivity index (χ0v) is 25.6. The second-order valence-corrected chi connectivity index (χ2v) is 14.5. The van der Waals surface area contributed by atoms with E-state index in [0.717, 1.165) is 24.0 Å². The summed E-state index contributed by atoms with van der Waals surface area (Å²) in [5.41, 5.74) is 2.15. The number of morpholine rings is 1. The molecule has 0 bridgehead atoms. The lowest BCUT2D eigenvalue weighted by Gasteiger charge is -2.48. The lowest BCUT2D eigenvalue weighted by molar-refractivity contribution is -0.184. The van der Waals surface area contributed by atoms with Gasteiger partial charge in [-0.05, 0) is 72.6 Å². The van der Waals surface area contributed by atoms with Crippen molar-refractivity contribution in [1.29, 1.82) is 0 Å². The van der Waals surface area contributed by atoms with E-state index in [9.17, 15) is 23.1 Å². The van der Waals surface area contributed by atoms with Gasteiger partial charge in [-0.3, -0.25) is 9.59 Å². The summed E-state index contributed by atoms with van der Waals surface area (Å²) in [5, 5.41) is 10.7. The second kappa shape index (κ2) is 11.9. The Hall–Kier alpha value is -2.95. The van der Waals surface area contributed by atoms with Crippen LogP contribution in [0.2, 0.25) is 10.0 Å². The molecule has 0 spiro atoms. The number of carbonyl (C=O) groups excluding carboxylic acids is 1. The fraction of sp³-hybridized carbons (Fsp3) is 0.375. The van der Waals surface area contributed by atoms with E-state index in [1.807, 2.05) is 48.5 Å². The number of hydrogen-bond acceptors (Lipinski definition) is 5. The highest BCUT2D eigenvalue weighted by atomic mass is 35.5. The van der Waals surface area contributed by atoms with Gasteiger partial charge in [-0.25, -0.2) is 13.1 Å². The maximum atomic E-state index is 14.2. The first-order valence-electron chi connectivity index (χ1n) is 14.3. The van der Waals surface area contributed by atoms with E-state index < -0.39 is 57.4 Å². The largest absolute Gasteiger partial charge is 0.481 e. The molecule has 3 aromatic carbocycles. The van der Waals surface area contributed by atoms with E-state index in [2.05, 4.69) is 4.72 Å². The van der Waals surface area contributed by atoms with Gasteiger partial charge in [-0.2, -0.15) is 0 Å². The van der Waals surface area contributed by atoms with Crippen LogP contribution in [0.3, 0.4) is 0 Å². The fourth-order valence-corrected chi connectivity index (χ4v) is 8.31. The van der Waals surface area contributed by atoms with Gasteiger partial charge in [-0.15, -0.1) is 0 Å². The van der Waals surface area contributed by atoms with Gasteiger partial charge in [0.15, 0.2) is 0 Å². The predicted molar refractivity (Wildman–Crippen MR) is 163 cm³/mol. The van der Waals surface area contributed by atoms with Crippen LogP contribution in [0.15, 0.2) is 78.9 Å². The first-order valence-corrected chi connectivity index (χ1v) is 16.6. The molecule has 1 aliphatic heterocycles. The number of carbonyl (C=O) groups is 2. The van der Waals surface area contributed by atoms with Gasteiger partial charge in [0.25, 0.3) is 5.91 Å². The average Bonchev–Trinajstić information content (AvgIpc) is 3.90. The van der Waals surface area contributed by atoms with Gasteiger partial charge in [-0.1, -0.05) is 77.8 Å². The van der Waals surface area contributed by atoms with Gasteiger partial charge in [0.2, 0.25) is 10.0 Å².